The lowest BCUT2D eigenvalue weighted by atomic mass is 10.4. The number of rotatable bonds is 6. The first kappa shape index (κ1) is 14.3. The molecule has 1 amide bonds. The van der Waals surface area contributed by atoms with Crippen molar-refractivity contribution in [2.45, 2.75) is 13.5 Å². The van der Waals surface area contributed by atoms with Crippen LogP contribution in [0.3, 0.4) is 0 Å². The quantitative estimate of drug-likeness (QED) is 0.789. The van der Waals surface area contributed by atoms with Crippen molar-refractivity contribution < 1.29 is 4.79 Å². The SMILES string of the molecule is CCN(C)c1nc(N)c(C(=O)NCCn2ccnn2)s1. The standard InChI is InChI=1S/C11H17N7OS/c1-3-17(2)11-15-9(12)8(20-11)10(19)13-4-6-18-7-5-14-16-18/h5,7H,3-4,6,12H2,1-2H3,(H,13,19). The minimum absolute atomic E-state index is 0.212. The highest BCUT2D eigenvalue weighted by atomic mass is 32.1. The maximum absolute atomic E-state index is 12.0. The van der Waals surface area contributed by atoms with Crippen molar-refractivity contribution in [2.75, 3.05) is 30.8 Å². The Labute approximate surface area is 120 Å². The Morgan fingerprint density at radius 2 is 2.40 bits per heavy atom. The first-order valence-electron chi connectivity index (χ1n) is 6.21. The van der Waals surface area contributed by atoms with E-state index in [4.69, 9.17) is 5.73 Å². The molecular formula is C11H17N7OS. The zero-order chi connectivity index (χ0) is 14.5. The zero-order valence-corrected chi connectivity index (χ0v) is 12.2. The molecule has 0 saturated heterocycles. The first-order valence-corrected chi connectivity index (χ1v) is 7.03. The number of anilines is 2. The lowest BCUT2D eigenvalue weighted by molar-refractivity contribution is 0.0956. The van der Waals surface area contributed by atoms with Crippen molar-refractivity contribution in [3.05, 3.63) is 17.3 Å². The highest BCUT2D eigenvalue weighted by Gasteiger charge is 2.17. The van der Waals surface area contributed by atoms with Crippen LogP contribution in [0.1, 0.15) is 16.6 Å². The molecule has 0 radical (unpaired) electrons. The van der Waals surface area contributed by atoms with Crippen LogP contribution < -0.4 is 16.0 Å². The lowest BCUT2D eigenvalue weighted by Gasteiger charge is -2.10. The summed E-state index contributed by atoms with van der Waals surface area (Å²) in [5, 5.41) is 11.0. The van der Waals surface area contributed by atoms with Gasteiger partial charge in [-0.3, -0.25) is 9.48 Å². The van der Waals surface area contributed by atoms with Gasteiger partial charge in [-0.15, -0.1) is 5.10 Å². The third-order valence-corrected chi connectivity index (χ3v) is 3.93. The predicted molar refractivity (Wildman–Crippen MR) is 77.8 cm³/mol. The van der Waals surface area contributed by atoms with Crippen LogP contribution in [0.15, 0.2) is 12.4 Å². The van der Waals surface area contributed by atoms with Gasteiger partial charge in [0.25, 0.3) is 5.91 Å². The van der Waals surface area contributed by atoms with E-state index >= 15 is 0 Å². The average molecular weight is 295 g/mol. The van der Waals surface area contributed by atoms with E-state index in [-0.39, 0.29) is 11.7 Å². The van der Waals surface area contributed by atoms with Crippen LogP contribution in [0, 0.1) is 0 Å². The highest BCUT2D eigenvalue weighted by molar-refractivity contribution is 7.18. The maximum atomic E-state index is 12.0. The van der Waals surface area contributed by atoms with Crippen molar-refractivity contribution >= 4 is 28.2 Å². The van der Waals surface area contributed by atoms with Crippen LogP contribution in [0.25, 0.3) is 0 Å². The third-order valence-electron chi connectivity index (χ3n) is 2.75. The number of carbonyl (C=O) groups excluding carboxylic acids is 1. The van der Waals surface area contributed by atoms with Crippen LogP contribution in [-0.4, -0.2) is 46.0 Å². The summed E-state index contributed by atoms with van der Waals surface area (Å²) in [6.45, 7) is 3.83. The fourth-order valence-electron chi connectivity index (χ4n) is 1.50. The Kier molecular flexibility index (Phi) is 4.51. The minimum atomic E-state index is -0.212. The number of hydrogen-bond donors (Lipinski definition) is 2. The number of nitrogen functional groups attached to an aromatic ring is 1. The van der Waals surface area contributed by atoms with E-state index in [0.29, 0.717) is 18.0 Å². The normalized spacial score (nSPS) is 10.5. The molecule has 0 aromatic carbocycles. The molecule has 0 spiro atoms. The third kappa shape index (κ3) is 3.23. The van der Waals surface area contributed by atoms with Crippen molar-refractivity contribution in [1.29, 1.82) is 0 Å². The summed E-state index contributed by atoms with van der Waals surface area (Å²) < 4.78 is 1.65. The van der Waals surface area contributed by atoms with Gasteiger partial charge < -0.3 is 16.0 Å². The number of thiazole rings is 1. The number of amides is 1. The molecule has 2 aromatic heterocycles. The van der Waals surface area contributed by atoms with Gasteiger partial charge in [0.2, 0.25) is 0 Å². The largest absolute Gasteiger partial charge is 0.382 e. The number of nitrogens with one attached hydrogen (secondary N) is 1. The molecule has 0 unspecified atom stereocenters. The number of carbonyl (C=O) groups is 1. The van der Waals surface area contributed by atoms with Crippen LogP contribution in [-0.2, 0) is 6.54 Å². The van der Waals surface area contributed by atoms with Crippen molar-refractivity contribution in [3.63, 3.8) is 0 Å². The molecule has 108 valence electrons. The van der Waals surface area contributed by atoms with Gasteiger partial charge >= 0.3 is 0 Å². The second-order valence-corrected chi connectivity index (χ2v) is 5.12. The molecule has 0 saturated carbocycles. The molecule has 0 bridgehead atoms. The fraction of sp³-hybridized carbons (Fsp3) is 0.455. The van der Waals surface area contributed by atoms with Gasteiger partial charge in [0.05, 0.1) is 12.7 Å². The van der Waals surface area contributed by atoms with Gasteiger partial charge in [0.15, 0.2) is 5.13 Å². The van der Waals surface area contributed by atoms with Crippen LogP contribution >= 0.6 is 11.3 Å². The van der Waals surface area contributed by atoms with Crippen LogP contribution in [0.2, 0.25) is 0 Å². The van der Waals surface area contributed by atoms with E-state index in [0.717, 1.165) is 11.7 Å². The smallest absolute Gasteiger partial charge is 0.265 e. The second kappa shape index (κ2) is 6.33. The summed E-state index contributed by atoms with van der Waals surface area (Å²) in [7, 11) is 1.91. The maximum Gasteiger partial charge on any atom is 0.265 e. The van der Waals surface area contributed by atoms with Gasteiger partial charge in [-0.2, -0.15) is 0 Å². The fourth-order valence-corrected chi connectivity index (χ4v) is 2.42. The van der Waals surface area contributed by atoms with Crippen LogP contribution in [0.5, 0.6) is 0 Å². The molecule has 3 N–H and O–H groups in total. The first-order chi connectivity index (χ1) is 9.61. The number of aromatic nitrogens is 4. The molecule has 0 aliphatic heterocycles. The number of nitrogens with zero attached hydrogens (tertiary/aromatic N) is 5. The van der Waals surface area contributed by atoms with Crippen molar-refractivity contribution in [3.8, 4) is 0 Å². The Balaban J connectivity index is 1.93. The van der Waals surface area contributed by atoms with Gasteiger partial charge in [0.1, 0.15) is 10.7 Å². The molecule has 20 heavy (non-hydrogen) atoms. The second-order valence-electron chi connectivity index (χ2n) is 4.15. The highest BCUT2D eigenvalue weighted by Crippen LogP contribution is 2.26. The average Bonchev–Trinajstić information content (AvgIpc) is 3.07. The van der Waals surface area contributed by atoms with Crippen LogP contribution in [0.4, 0.5) is 10.9 Å². The molecule has 0 atom stereocenters. The predicted octanol–water partition coefficient (Wildman–Crippen LogP) is 0.203. The van der Waals surface area contributed by atoms with Gasteiger partial charge in [0, 0.05) is 26.3 Å². The summed E-state index contributed by atoms with van der Waals surface area (Å²) in [5.41, 5.74) is 5.79. The van der Waals surface area contributed by atoms with Gasteiger partial charge in [-0.25, -0.2) is 4.98 Å². The van der Waals surface area contributed by atoms with Gasteiger partial charge in [-0.1, -0.05) is 16.6 Å². The van der Waals surface area contributed by atoms with Crippen molar-refractivity contribution in [2.24, 2.45) is 0 Å². The summed E-state index contributed by atoms with van der Waals surface area (Å²) in [6.07, 6.45) is 3.33. The van der Waals surface area contributed by atoms with Gasteiger partial charge in [-0.05, 0) is 6.92 Å². The molecule has 2 aromatic rings. The Morgan fingerprint density at radius 1 is 1.60 bits per heavy atom. The summed E-state index contributed by atoms with van der Waals surface area (Å²) >= 11 is 1.29. The van der Waals surface area contributed by atoms with E-state index in [1.165, 1.54) is 11.3 Å². The number of nitrogens with two attached hydrogens (primary N) is 1. The van der Waals surface area contributed by atoms with E-state index in [9.17, 15) is 4.79 Å². The van der Waals surface area contributed by atoms with E-state index in [2.05, 4.69) is 20.6 Å². The molecular weight excluding hydrogens is 278 g/mol. The van der Waals surface area contributed by atoms with E-state index in [1.807, 2.05) is 18.9 Å². The Morgan fingerprint density at radius 3 is 3.05 bits per heavy atom. The molecule has 0 aliphatic rings. The molecule has 0 fully saturated rings. The molecule has 2 heterocycles. The summed E-state index contributed by atoms with van der Waals surface area (Å²) in [5.74, 6) is 0.0550. The zero-order valence-electron chi connectivity index (χ0n) is 11.4. The lowest BCUT2D eigenvalue weighted by Crippen LogP contribution is -2.27. The molecule has 9 heteroatoms. The Hall–Kier alpha value is -2.16. The summed E-state index contributed by atoms with van der Waals surface area (Å²) in [6, 6.07) is 0. The minimum Gasteiger partial charge on any atom is -0.382 e. The molecule has 2 rings (SSSR count). The summed E-state index contributed by atoms with van der Waals surface area (Å²) in [4.78, 5) is 18.6. The Bertz CT molecular complexity index is 565. The molecule has 0 aliphatic carbocycles. The molecule has 8 nitrogen and oxygen atoms in total. The topological polar surface area (TPSA) is 102 Å². The van der Waals surface area contributed by atoms with E-state index in [1.54, 1.807) is 17.1 Å². The van der Waals surface area contributed by atoms with Crippen molar-refractivity contribution in [1.82, 2.24) is 25.3 Å². The monoisotopic (exact) mass is 295 g/mol. The number of hydrogen-bond acceptors (Lipinski definition) is 7. The van der Waals surface area contributed by atoms with E-state index < -0.39 is 0 Å².